The second-order valence-electron chi connectivity index (χ2n) is 4.17. The van der Waals surface area contributed by atoms with Gasteiger partial charge in [0.2, 0.25) is 5.91 Å². The number of carboxylic acid groups (broad SMARTS) is 1. The van der Waals surface area contributed by atoms with Gasteiger partial charge in [0.1, 0.15) is 11.9 Å². The monoisotopic (exact) mass is 250 g/mol. The molecular weight excluding hydrogens is 236 g/mol. The Bertz CT molecular complexity index is 460. The molecule has 0 aromatic carbocycles. The van der Waals surface area contributed by atoms with Gasteiger partial charge in [-0.25, -0.2) is 14.8 Å². The number of hydrogen-bond donors (Lipinski definition) is 2. The minimum Gasteiger partial charge on any atom is -0.476 e. The lowest BCUT2D eigenvalue weighted by molar-refractivity contribution is -0.119. The van der Waals surface area contributed by atoms with Crippen LogP contribution in [0.2, 0.25) is 0 Å². The van der Waals surface area contributed by atoms with Gasteiger partial charge in [0, 0.05) is 6.54 Å². The summed E-state index contributed by atoms with van der Waals surface area (Å²) in [5.74, 6) is -1.03. The minimum atomic E-state index is -1.13. The molecule has 0 aliphatic carbocycles. The van der Waals surface area contributed by atoms with Crippen molar-refractivity contribution < 1.29 is 14.7 Å². The molecule has 7 nitrogen and oxygen atoms in total. The number of aromatic carboxylic acids is 1. The van der Waals surface area contributed by atoms with E-state index in [2.05, 4.69) is 9.97 Å². The topological polar surface area (TPSA) is 109 Å². The summed E-state index contributed by atoms with van der Waals surface area (Å²) in [6.07, 6.45) is 5.14. The maximum Gasteiger partial charge on any atom is 0.356 e. The number of carboxylic acids is 1. The van der Waals surface area contributed by atoms with Crippen LogP contribution in [0, 0.1) is 0 Å². The highest BCUT2D eigenvalue weighted by atomic mass is 16.4. The Labute approximate surface area is 104 Å². The molecule has 1 unspecified atom stereocenters. The lowest BCUT2D eigenvalue weighted by Crippen LogP contribution is -2.48. The molecule has 0 saturated carbocycles. The number of primary amides is 1. The van der Waals surface area contributed by atoms with Gasteiger partial charge in [0.25, 0.3) is 0 Å². The number of amides is 1. The van der Waals surface area contributed by atoms with Crippen LogP contribution < -0.4 is 10.6 Å². The molecule has 1 aromatic heterocycles. The molecule has 1 aliphatic rings. The summed E-state index contributed by atoms with van der Waals surface area (Å²) >= 11 is 0. The SMILES string of the molecule is NC(=O)C1CCCCN1c1cnc(C(=O)O)cn1. The summed E-state index contributed by atoms with van der Waals surface area (Å²) in [4.78, 5) is 31.6. The molecule has 0 bridgehead atoms. The van der Waals surface area contributed by atoms with E-state index in [0.29, 0.717) is 18.8 Å². The fraction of sp³-hybridized carbons (Fsp3) is 0.455. The normalized spacial score (nSPS) is 19.6. The number of carbonyl (C=O) groups is 2. The van der Waals surface area contributed by atoms with Crippen molar-refractivity contribution in [2.75, 3.05) is 11.4 Å². The predicted molar refractivity (Wildman–Crippen MR) is 63.2 cm³/mol. The lowest BCUT2D eigenvalue weighted by atomic mass is 10.0. The number of hydrogen-bond acceptors (Lipinski definition) is 5. The smallest absolute Gasteiger partial charge is 0.356 e. The third-order valence-corrected chi connectivity index (χ3v) is 2.98. The van der Waals surface area contributed by atoms with Crippen molar-refractivity contribution in [3.05, 3.63) is 18.1 Å². The number of aromatic nitrogens is 2. The number of piperidine rings is 1. The minimum absolute atomic E-state index is 0.119. The summed E-state index contributed by atoms with van der Waals surface area (Å²) in [7, 11) is 0. The van der Waals surface area contributed by atoms with Gasteiger partial charge in [-0.2, -0.15) is 0 Å². The Balaban J connectivity index is 2.23. The number of nitrogens with zero attached hydrogens (tertiary/aromatic N) is 3. The van der Waals surface area contributed by atoms with Crippen molar-refractivity contribution >= 4 is 17.7 Å². The summed E-state index contributed by atoms with van der Waals surface area (Å²) < 4.78 is 0. The van der Waals surface area contributed by atoms with E-state index >= 15 is 0 Å². The maximum absolute atomic E-state index is 11.4. The number of anilines is 1. The molecule has 2 heterocycles. The van der Waals surface area contributed by atoms with E-state index in [1.165, 1.54) is 12.4 Å². The van der Waals surface area contributed by atoms with Crippen LogP contribution in [-0.2, 0) is 4.79 Å². The van der Waals surface area contributed by atoms with E-state index < -0.39 is 5.97 Å². The van der Waals surface area contributed by atoms with Gasteiger partial charge < -0.3 is 15.7 Å². The molecule has 18 heavy (non-hydrogen) atoms. The second kappa shape index (κ2) is 4.99. The standard InChI is InChI=1S/C11H14N4O3/c12-10(16)8-3-1-2-4-15(8)9-6-13-7(5-14-9)11(17)18/h5-6,8H,1-4H2,(H2,12,16)(H,17,18). The third-order valence-electron chi connectivity index (χ3n) is 2.98. The molecule has 0 spiro atoms. The van der Waals surface area contributed by atoms with E-state index in [-0.39, 0.29) is 17.6 Å². The van der Waals surface area contributed by atoms with Gasteiger partial charge in [-0.05, 0) is 19.3 Å². The van der Waals surface area contributed by atoms with Crippen LogP contribution >= 0.6 is 0 Å². The van der Waals surface area contributed by atoms with Gasteiger partial charge in [-0.3, -0.25) is 4.79 Å². The molecule has 1 aromatic rings. The highest BCUT2D eigenvalue weighted by molar-refractivity contribution is 5.85. The summed E-state index contributed by atoms with van der Waals surface area (Å²) in [5, 5.41) is 8.74. The summed E-state index contributed by atoms with van der Waals surface area (Å²) in [6, 6.07) is -0.385. The lowest BCUT2D eigenvalue weighted by Gasteiger charge is -2.34. The number of rotatable bonds is 3. The van der Waals surface area contributed by atoms with E-state index in [1.807, 2.05) is 0 Å². The number of carbonyl (C=O) groups excluding carboxylic acids is 1. The first-order chi connectivity index (χ1) is 8.59. The summed E-state index contributed by atoms with van der Waals surface area (Å²) in [5.41, 5.74) is 5.23. The molecular formula is C11H14N4O3. The Hall–Kier alpha value is -2.18. The fourth-order valence-corrected chi connectivity index (χ4v) is 2.08. The van der Waals surface area contributed by atoms with Crippen LogP contribution in [0.1, 0.15) is 29.8 Å². The molecule has 0 radical (unpaired) electrons. The molecule has 7 heteroatoms. The zero-order valence-corrected chi connectivity index (χ0v) is 9.74. The van der Waals surface area contributed by atoms with E-state index in [4.69, 9.17) is 10.8 Å². The van der Waals surface area contributed by atoms with Crippen LogP contribution in [0.4, 0.5) is 5.82 Å². The molecule has 2 rings (SSSR count). The van der Waals surface area contributed by atoms with E-state index in [9.17, 15) is 9.59 Å². The Morgan fingerprint density at radius 1 is 1.33 bits per heavy atom. The third kappa shape index (κ3) is 2.39. The van der Waals surface area contributed by atoms with Crippen LogP contribution in [-0.4, -0.2) is 39.5 Å². The molecule has 3 N–H and O–H groups in total. The van der Waals surface area contributed by atoms with Gasteiger partial charge >= 0.3 is 5.97 Å². The van der Waals surface area contributed by atoms with E-state index in [0.717, 1.165) is 12.8 Å². The molecule has 1 atom stereocenters. The first-order valence-electron chi connectivity index (χ1n) is 5.71. The van der Waals surface area contributed by atoms with Crippen molar-refractivity contribution in [2.45, 2.75) is 25.3 Å². The van der Waals surface area contributed by atoms with Crippen molar-refractivity contribution in [1.82, 2.24) is 9.97 Å². The average molecular weight is 250 g/mol. The molecule has 1 saturated heterocycles. The molecule has 1 fully saturated rings. The van der Waals surface area contributed by atoms with Gasteiger partial charge in [0.05, 0.1) is 12.4 Å². The second-order valence-corrected chi connectivity index (χ2v) is 4.17. The van der Waals surface area contributed by atoms with Crippen LogP contribution in [0.25, 0.3) is 0 Å². The summed E-state index contributed by atoms with van der Waals surface area (Å²) in [6.45, 7) is 0.675. The van der Waals surface area contributed by atoms with Crippen molar-refractivity contribution in [3.63, 3.8) is 0 Å². The zero-order valence-electron chi connectivity index (χ0n) is 9.74. The van der Waals surface area contributed by atoms with E-state index in [1.54, 1.807) is 4.90 Å². The Morgan fingerprint density at radius 2 is 2.11 bits per heavy atom. The molecule has 1 amide bonds. The van der Waals surface area contributed by atoms with Crippen LogP contribution in [0.3, 0.4) is 0 Å². The van der Waals surface area contributed by atoms with Crippen molar-refractivity contribution in [3.8, 4) is 0 Å². The van der Waals surface area contributed by atoms with Crippen LogP contribution in [0.5, 0.6) is 0 Å². The van der Waals surface area contributed by atoms with Gasteiger partial charge in [0.15, 0.2) is 5.69 Å². The zero-order chi connectivity index (χ0) is 13.1. The van der Waals surface area contributed by atoms with Crippen molar-refractivity contribution in [1.29, 1.82) is 0 Å². The van der Waals surface area contributed by atoms with Gasteiger partial charge in [-0.15, -0.1) is 0 Å². The molecule has 1 aliphatic heterocycles. The quantitative estimate of drug-likeness (QED) is 0.782. The molecule has 96 valence electrons. The fourth-order valence-electron chi connectivity index (χ4n) is 2.08. The Morgan fingerprint density at radius 3 is 2.67 bits per heavy atom. The Kier molecular flexibility index (Phi) is 3.40. The van der Waals surface area contributed by atoms with Gasteiger partial charge in [-0.1, -0.05) is 0 Å². The highest BCUT2D eigenvalue weighted by Gasteiger charge is 2.28. The van der Waals surface area contributed by atoms with Crippen LogP contribution in [0.15, 0.2) is 12.4 Å². The van der Waals surface area contributed by atoms with Crippen molar-refractivity contribution in [2.24, 2.45) is 5.73 Å². The average Bonchev–Trinajstić information content (AvgIpc) is 2.39. The first kappa shape index (κ1) is 12.3. The first-order valence-corrected chi connectivity index (χ1v) is 5.71. The number of nitrogens with two attached hydrogens (primary N) is 1. The largest absolute Gasteiger partial charge is 0.476 e. The maximum atomic E-state index is 11.4. The highest BCUT2D eigenvalue weighted by Crippen LogP contribution is 2.22. The predicted octanol–water partition coefficient (Wildman–Crippen LogP) is 0.0190.